The van der Waals surface area contributed by atoms with Gasteiger partial charge in [-0.2, -0.15) is 0 Å². The van der Waals surface area contributed by atoms with E-state index in [0.29, 0.717) is 19.8 Å². The number of nitrogens with one attached hydrogen (secondary N) is 2. The molecular formula is C20H32FN3O2. The molecule has 0 saturated heterocycles. The minimum absolute atomic E-state index is 0.0641. The molecule has 1 aliphatic rings. The average Bonchev–Trinajstić information content (AvgIpc) is 3.14. The fraction of sp³-hybridized carbons (Fsp3) is 0.650. The van der Waals surface area contributed by atoms with Crippen LogP contribution in [0, 0.1) is 5.82 Å². The highest BCUT2D eigenvalue weighted by atomic mass is 19.1. The Morgan fingerprint density at radius 3 is 2.50 bits per heavy atom. The van der Waals surface area contributed by atoms with Gasteiger partial charge in [0.25, 0.3) is 0 Å². The van der Waals surface area contributed by atoms with Gasteiger partial charge in [-0.3, -0.25) is 4.99 Å². The first kappa shape index (κ1) is 20.6. The van der Waals surface area contributed by atoms with Crippen LogP contribution in [0.25, 0.3) is 0 Å². The van der Waals surface area contributed by atoms with Crippen LogP contribution in [0.1, 0.15) is 37.7 Å². The lowest BCUT2D eigenvalue weighted by molar-refractivity contribution is 0.0698. The number of methoxy groups -OCH3 is 1. The summed E-state index contributed by atoms with van der Waals surface area (Å²) < 4.78 is 23.7. The quantitative estimate of drug-likeness (QED) is 0.380. The smallest absolute Gasteiger partial charge is 0.191 e. The zero-order valence-electron chi connectivity index (χ0n) is 16.0. The molecule has 1 aromatic rings. The molecule has 2 rings (SSSR count). The number of halogens is 1. The third-order valence-corrected chi connectivity index (χ3v) is 5.02. The first-order chi connectivity index (χ1) is 12.7. The number of aliphatic imine (C=N–C) groups is 1. The van der Waals surface area contributed by atoms with Crippen LogP contribution in [0.5, 0.6) is 0 Å². The lowest BCUT2D eigenvalue weighted by atomic mass is 9.79. The molecule has 0 heterocycles. The lowest BCUT2D eigenvalue weighted by Crippen LogP contribution is -2.45. The third-order valence-electron chi connectivity index (χ3n) is 5.02. The zero-order chi connectivity index (χ0) is 18.7. The van der Waals surface area contributed by atoms with E-state index in [1.807, 2.05) is 12.1 Å². The van der Waals surface area contributed by atoms with Gasteiger partial charge in [-0.1, -0.05) is 25.0 Å². The maximum absolute atomic E-state index is 13.3. The summed E-state index contributed by atoms with van der Waals surface area (Å²) in [5, 5.41) is 6.79. The van der Waals surface area contributed by atoms with E-state index in [1.54, 1.807) is 26.3 Å². The predicted octanol–water partition coefficient (Wildman–Crippen LogP) is 2.86. The molecule has 0 aliphatic heterocycles. The van der Waals surface area contributed by atoms with Gasteiger partial charge < -0.3 is 20.1 Å². The van der Waals surface area contributed by atoms with Crippen LogP contribution in [0.3, 0.4) is 0 Å². The Morgan fingerprint density at radius 1 is 1.12 bits per heavy atom. The van der Waals surface area contributed by atoms with Crippen molar-refractivity contribution in [2.75, 3.05) is 47.1 Å². The Hall–Kier alpha value is -1.66. The molecule has 0 unspecified atom stereocenters. The molecule has 0 aromatic heterocycles. The van der Waals surface area contributed by atoms with Crippen molar-refractivity contribution < 1.29 is 13.9 Å². The van der Waals surface area contributed by atoms with E-state index in [-0.39, 0.29) is 11.2 Å². The second-order valence-electron chi connectivity index (χ2n) is 6.81. The van der Waals surface area contributed by atoms with Gasteiger partial charge >= 0.3 is 0 Å². The van der Waals surface area contributed by atoms with Gasteiger partial charge in [0.05, 0.1) is 13.2 Å². The maximum Gasteiger partial charge on any atom is 0.191 e. The average molecular weight is 365 g/mol. The van der Waals surface area contributed by atoms with Gasteiger partial charge in [-0.05, 0) is 37.0 Å². The fourth-order valence-electron chi connectivity index (χ4n) is 3.52. The van der Waals surface area contributed by atoms with E-state index in [4.69, 9.17) is 9.47 Å². The fourth-order valence-corrected chi connectivity index (χ4v) is 3.52. The number of nitrogens with zero attached hydrogens (tertiary/aromatic N) is 1. The molecule has 5 nitrogen and oxygen atoms in total. The molecular weight excluding hydrogens is 333 g/mol. The molecule has 6 heteroatoms. The summed E-state index contributed by atoms with van der Waals surface area (Å²) in [6, 6.07) is 6.98. The van der Waals surface area contributed by atoms with E-state index < -0.39 is 0 Å². The molecule has 1 saturated carbocycles. The van der Waals surface area contributed by atoms with Crippen LogP contribution in [0.15, 0.2) is 29.3 Å². The Labute approximate surface area is 156 Å². The molecule has 0 bridgehead atoms. The predicted molar refractivity (Wildman–Crippen MR) is 103 cm³/mol. The molecule has 0 radical (unpaired) electrons. The van der Waals surface area contributed by atoms with Crippen molar-refractivity contribution in [3.05, 3.63) is 35.6 Å². The number of ether oxygens (including phenoxy) is 2. The number of hydrogen-bond donors (Lipinski definition) is 2. The molecule has 1 fully saturated rings. The summed E-state index contributed by atoms with van der Waals surface area (Å²) in [6.07, 6.45) is 5.58. The van der Waals surface area contributed by atoms with E-state index in [0.717, 1.165) is 38.3 Å². The molecule has 26 heavy (non-hydrogen) atoms. The lowest BCUT2D eigenvalue weighted by Gasteiger charge is -2.31. The number of hydrogen-bond acceptors (Lipinski definition) is 3. The third kappa shape index (κ3) is 6.25. The monoisotopic (exact) mass is 365 g/mol. The Kier molecular flexibility index (Phi) is 8.85. The summed E-state index contributed by atoms with van der Waals surface area (Å²) in [7, 11) is 3.45. The van der Waals surface area contributed by atoms with Crippen LogP contribution < -0.4 is 10.6 Å². The first-order valence-corrected chi connectivity index (χ1v) is 9.47. The minimum atomic E-state index is -0.181. The Morgan fingerprint density at radius 2 is 1.85 bits per heavy atom. The van der Waals surface area contributed by atoms with Crippen LogP contribution in [-0.4, -0.2) is 53.0 Å². The summed E-state index contributed by atoms with van der Waals surface area (Å²) >= 11 is 0. The normalized spacial score (nSPS) is 16.7. The van der Waals surface area contributed by atoms with Gasteiger partial charge in [0.2, 0.25) is 0 Å². The van der Waals surface area contributed by atoms with E-state index in [2.05, 4.69) is 15.6 Å². The van der Waals surface area contributed by atoms with Crippen molar-refractivity contribution in [2.24, 2.45) is 4.99 Å². The van der Waals surface area contributed by atoms with Crippen LogP contribution in [-0.2, 0) is 14.9 Å². The first-order valence-electron chi connectivity index (χ1n) is 9.47. The SMILES string of the molecule is CN=C(NCCCOCCOC)NCC1(c2ccc(F)cc2)CCCC1. The molecule has 0 amide bonds. The highest BCUT2D eigenvalue weighted by Gasteiger charge is 2.35. The van der Waals surface area contributed by atoms with Crippen LogP contribution in [0.4, 0.5) is 4.39 Å². The molecule has 146 valence electrons. The minimum Gasteiger partial charge on any atom is -0.382 e. The summed E-state index contributed by atoms with van der Waals surface area (Å²) in [4.78, 5) is 4.31. The van der Waals surface area contributed by atoms with Crippen molar-refractivity contribution in [3.8, 4) is 0 Å². The van der Waals surface area contributed by atoms with E-state index in [1.165, 1.54) is 18.4 Å². The van der Waals surface area contributed by atoms with Crippen molar-refractivity contribution >= 4 is 5.96 Å². The second kappa shape index (κ2) is 11.1. The molecule has 1 aliphatic carbocycles. The maximum atomic E-state index is 13.3. The van der Waals surface area contributed by atoms with Crippen molar-refractivity contribution in [2.45, 2.75) is 37.5 Å². The zero-order valence-corrected chi connectivity index (χ0v) is 16.0. The highest BCUT2D eigenvalue weighted by Crippen LogP contribution is 2.40. The van der Waals surface area contributed by atoms with Gasteiger partial charge in [0, 0.05) is 39.3 Å². The molecule has 1 aromatic carbocycles. The number of guanidine groups is 1. The molecule has 2 N–H and O–H groups in total. The van der Waals surface area contributed by atoms with Crippen molar-refractivity contribution in [3.63, 3.8) is 0 Å². The number of rotatable bonds is 10. The Bertz CT molecular complexity index is 542. The van der Waals surface area contributed by atoms with Crippen molar-refractivity contribution in [1.82, 2.24) is 10.6 Å². The van der Waals surface area contributed by atoms with Crippen LogP contribution >= 0.6 is 0 Å². The topological polar surface area (TPSA) is 54.9 Å². The molecule has 0 atom stereocenters. The van der Waals surface area contributed by atoms with Crippen molar-refractivity contribution in [1.29, 1.82) is 0 Å². The summed E-state index contributed by atoms with van der Waals surface area (Å²) in [5.41, 5.74) is 1.28. The molecule has 0 spiro atoms. The van der Waals surface area contributed by atoms with Crippen LogP contribution in [0.2, 0.25) is 0 Å². The largest absolute Gasteiger partial charge is 0.382 e. The Balaban J connectivity index is 1.79. The second-order valence-corrected chi connectivity index (χ2v) is 6.81. The summed E-state index contributed by atoms with van der Waals surface area (Å²) in [6.45, 7) is 3.57. The van der Waals surface area contributed by atoms with Gasteiger partial charge in [-0.25, -0.2) is 4.39 Å². The van der Waals surface area contributed by atoms with Gasteiger partial charge in [0.1, 0.15) is 5.82 Å². The highest BCUT2D eigenvalue weighted by molar-refractivity contribution is 5.79. The van der Waals surface area contributed by atoms with E-state index in [9.17, 15) is 4.39 Å². The standard InChI is InChI=1S/C20H32FN3O2/c1-22-19(23-12-5-13-26-15-14-25-2)24-16-20(10-3-4-11-20)17-6-8-18(21)9-7-17/h6-9H,3-5,10-16H2,1-2H3,(H2,22,23,24). The van der Waals surface area contributed by atoms with Gasteiger partial charge in [-0.15, -0.1) is 0 Å². The van der Waals surface area contributed by atoms with E-state index >= 15 is 0 Å². The van der Waals surface area contributed by atoms with Gasteiger partial charge in [0.15, 0.2) is 5.96 Å². The number of benzene rings is 1. The summed E-state index contributed by atoms with van der Waals surface area (Å²) in [5.74, 6) is 0.621.